The normalized spacial score (nSPS) is 7.39. The standard InChI is InChI=1S/C6H12O2.C4H8O.C2H4O2.H2O/c1-3-4-5-8-6(2)7;1-3-4(2)5;1-2(3)4;/h3-5H2,1-2H3;3H2,1-2H3;1H3,(H,3,4);1H2. The smallest absolute Gasteiger partial charge is 0.302 e. The number of ether oxygens (including phenoxy) is 1. The number of rotatable bonds is 4. The Balaban J connectivity index is -0.0000000855. The second-order valence-electron chi connectivity index (χ2n) is 3.27. The lowest BCUT2D eigenvalue weighted by atomic mass is 10.4. The minimum Gasteiger partial charge on any atom is -0.481 e. The number of carbonyl (C=O) groups is 3. The molecule has 0 rings (SSSR count). The predicted octanol–water partition coefficient (Wildman–Crippen LogP) is 1.60. The zero-order valence-corrected chi connectivity index (χ0v) is 11.9. The minimum absolute atomic E-state index is 0. The first-order valence-electron chi connectivity index (χ1n) is 5.60. The van der Waals surface area contributed by atoms with Gasteiger partial charge in [0.25, 0.3) is 5.97 Å². The van der Waals surface area contributed by atoms with Crippen LogP contribution in [0, 0.1) is 0 Å². The van der Waals surface area contributed by atoms with Gasteiger partial charge in [0.15, 0.2) is 0 Å². The van der Waals surface area contributed by atoms with Gasteiger partial charge in [0.05, 0.1) is 6.61 Å². The number of carbonyl (C=O) groups excluding carboxylic acids is 2. The van der Waals surface area contributed by atoms with Crippen LogP contribution in [0.2, 0.25) is 0 Å². The fourth-order valence-corrected chi connectivity index (χ4v) is 0.360. The van der Waals surface area contributed by atoms with Gasteiger partial charge in [0.2, 0.25) is 0 Å². The molecule has 0 heterocycles. The summed E-state index contributed by atoms with van der Waals surface area (Å²) in [7, 11) is 0. The number of carboxylic acids is 1. The molecule has 0 aromatic carbocycles. The summed E-state index contributed by atoms with van der Waals surface area (Å²) in [5, 5.41) is 7.42. The summed E-state index contributed by atoms with van der Waals surface area (Å²) in [6.07, 6.45) is 2.72. The second-order valence-corrected chi connectivity index (χ2v) is 3.27. The van der Waals surface area contributed by atoms with E-state index in [1.807, 2.05) is 6.92 Å². The number of hydrogen-bond donors (Lipinski definition) is 1. The number of aliphatic carboxylic acids is 1. The molecule has 0 aromatic rings. The van der Waals surface area contributed by atoms with Crippen molar-refractivity contribution in [2.75, 3.05) is 6.61 Å². The molecule has 110 valence electrons. The van der Waals surface area contributed by atoms with E-state index in [0.717, 1.165) is 19.8 Å². The highest BCUT2D eigenvalue weighted by Crippen LogP contribution is 1.86. The molecule has 0 saturated carbocycles. The second kappa shape index (κ2) is 20.9. The quantitative estimate of drug-likeness (QED) is 0.613. The highest BCUT2D eigenvalue weighted by atomic mass is 16.5. The molecular formula is C12H26O6. The summed E-state index contributed by atoms with van der Waals surface area (Å²) in [4.78, 5) is 28.9. The van der Waals surface area contributed by atoms with Crippen molar-refractivity contribution in [2.24, 2.45) is 0 Å². The van der Waals surface area contributed by atoms with Gasteiger partial charge >= 0.3 is 5.97 Å². The zero-order chi connectivity index (χ0) is 14.3. The number of esters is 1. The molecule has 0 aromatic heterocycles. The molecule has 0 spiro atoms. The van der Waals surface area contributed by atoms with Crippen LogP contribution >= 0.6 is 0 Å². The van der Waals surface area contributed by atoms with Gasteiger partial charge in [0, 0.05) is 20.3 Å². The fourth-order valence-electron chi connectivity index (χ4n) is 0.360. The van der Waals surface area contributed by atoms with Crippen LogP contribution in [0.1, 0.15) is 53.9 Å². The van der Waals surface area contributed by atoms with Crippen LogP contribution in [0.4, 0.5) is 0 Å². The average Bonchev–Trinajstić information content (AvgIpc) is 2.17. The molecule has 3 N–H and O–H groups in total. The summed E-state index contributed by atoms with van der Waals surface area (Å²) in [5.41, 5.74) is 0. The van der Waals surface area contributed by atoms with E-state index < -0.39 is 5.97 Å². The molecular weight excluding hydrogens is 240 g/mol. The molecule has 6 nitrogen and oxygen atoms in total. The number of hydrogen-bond acceptors (Lipinski definition) is 4. The van der Waals surface area contributed by atoms with Gasteiger partial charge in [-0.3, -0.25) is 9.59 Å². The maximum atomic E-state index is 10.1. The Morgan fingerprint density at radius 1 is 1.06 bits per heavy atom. The van der Waals surface area contributed by atoms with Gasteiger partial charge in [-0.1, -0.05) is 20.3 Å². The topological polar surface area (TPSA) is 112 Å². The summed E-state index contributed by atoms with van der Waals surface area (Å²) in [6.45, 7) is 8.58. The van der Waals surface area contributed by atoms with Gasteiger partial charge < -0.3 is 20.1 Å². The van der Waals surface area contributed by atoms with E-state index in [9.17, 15) is 9.59 Å². The van der Waals surface area contributed by atoms with Crippen LogP contribution in [0.25, 0.3) is 0 Å². The van der Waals surface area contributed by atoms with Crippen molar-refractivity contribution in [1.82, 2.24) is 0 Å². The predicted molar refractivity (Wildman–Crippen MR) is 69.4 cm³/mol. The monoisotopic (exact) mass is 266 g/mol. The van der Waals surface area contributed by atoms with Crippen molar-refractivity contribution in [3.63, 3.8) is 0 Å². The maximum Gasteiger partial charge on any atom is 0.302 e. The number of Topliss-reactive ketones (excluding diaryl/α,β-unsaturated/α-hetero) is 1. The number of ketones is 1. The first-order chi connectivity index (χ1) is 7.77. The third kappa shape index (κ3) is 86.5. The molecule has 0 unspecified atom stereocenters. The summed E-state index contributed by atoms with van der Waals surface area (Å²) >= 11 is 0. The Morgan fingerprint density at radius 2 is 1.39 bits per heavy atom. The summed E-state index contributed by atoms with van der Waals surface area (Å²) < 4.78 is 4.64. The Bertz CT molecular complexity index is 209. The highest BCUT2D eigenvalue weighted by Gasteiger charge is 1.88. The van der Waals surface area contributed by atoms with E-state index in [2.05, 4.69) is 11.7 Å². The average molecular weight is 266 g/mol. The first kappa shape index (κ1) is 25.4. The molecule has 0 radical (unpaired) electrons. The van der Waals surface area contributed by atoms with E-state index in [1.54, 1.807) is 6.92 Å². The Labute approximate surface area is 109 Å². The van der Waals surface area contributed by atoms with Crippen LogP contribution in [0.15, 0.2) is 0 Å². The molecule has 0 saturated heterocycles. The van der Waals surface area contributed by atoms with E-state index in [4.69, 9.17) is 9.90 Å². The molecule has 0 aliphatic rings. The minimum atomic E-state index is -0.833. The molecule has 0 aliphatic heterocycles. The van der Waals surface area contributed by atoms with Crippen molar-refractivity contribution in [3.05, 3.63) is 0 Å². The molecule has 0 bridgehead atoms. The van der Waals surface area contributed by atoms with Crippen molar-refractivity contribution in [3.8, 4) is 0 Å². The summed E-state index contributed by atoms with van der Waals surface area (Å²) in [6, 6.07) is 0. The van der Waals surface area contributed by atoms with Gasteiger partial charge in [0.1, 0.15) is 5.78 Å². The van der Waals surface area contributed by atoms with Crippen molar-refractivity contribution in [2.45, 2.75) is 53.9 Å². The molecule has 0 atom stereocenters. The first-order valence-corrected chi connectivity index (χ1v) is 5.60. The van der Waals surface area contributed by atoms with E-state index in [0.29, 0.717) is 13.0 Å². The lowest BCUT2D eigenvalue weighted by molar-refractivity contribution is -0.141. The Kier molecular flexibility index (Phi) is 29.5. The zero-order valence-electron chi connectivity index (χ0n) is 11.9. The summed E-state index contributed by atoms with van der Waals surface area (Å²) in [5.74, 6) is -0.761. The van der Waals surface area contributed by atoms with E-state index in [-0.39, 0.29) is 17.2 Å². The SMILES string of the molecule is CC(=O)O.CCC(C)=O.CCCCOC(C)=O.O. The van der Waals surface area contributed by atoms with Gasteiger partial charge in [-0.25, -0.2) is 0 Å². The largest absolute Gasteiger partial charge is 0.481 e. The van der Waals surface area contributed by atoms with Crippen LogP contribution in [-0.4, -0.2) is 34.9 Å². The highest BCUT2D eigenvalue weighted by molar-refractivity contribution is 5.74. The fraction of sp³-hybridized carbons (Fsp3) is 0.750. The van der Waals surface area contributed by atoms with Crippen molar-refractivity contribution in [1.29, 1.82) is 0 Å². The van der Waals surface area contributed by atoms with Crippen LogP contribution in [0.5, 0.6) is 0 Å². The lowest BCUT2D eigenvalue weighted by Crippen LogP contribution is -1.99. The Hall–Kier alpha value is -1.43. The van der Waals surface area contributed by atoms with E-state index >= 15 is 0 Å². The van der Waals surface area contributed by atoms with E-state index in [1.165, 1.54) is 6.92 Å². The molecule has 6 heteroatoms. The van der Waals surface area contributed by atoms with Crippen LogP contribution in [0.3, 0.4) is 0 Å². The van der Waals surface area contributed by atoms with Crippen LogP contribution in [-0.2, 0) is 19.1 Å². The van der Waals surface area contributed by atoms with Crippen molar-refractivity contribution < 1.29 is 29.7 Å². The van der Waals surface area contributed by atoms with Crippen LogP contribution < -0.4 is 0 Å². The lowest BCUT2D eigenvalue weighted by Gasteiger charge is -1.96. The molecule has 0 amide bonds. The third-order valence-corrected chi connectivity index (χ3v) is 1.30. The van der Waals surface area contributed by atoms with Crippen molar-refractivity contribution >= 4 is 17.7 Å². The third-order valence-electron chi connectivity index (χ3n) is 1.30. The number of carboxylic acid groups (broad SMARTS) is 1. The maximum absolute atomic E-state index is 10.1. The molecule has 18 heavy (non-hydrogen) atoms. The molecule has 0 fully saturated rings. The van der Waals surface area contributed by atoms with Gasteiger partial charge in [-0.2, -0.15) is 0 Å². The number of unbranched alkanes of at least 4 members (excludes halogenated alkanes) is 1. The molecule has 0 aliphatic carbocycles. The Morgan fingerprint density at radius 3 is 1.56 bits per heavy atom. The van der Waals surface area contributed by atoms with Gasteiger partial charge in [-0.15, -0.1) is 0 Å². The van der Waals surface area contributed by atoms with Gasteiger partial charge in [-0.05, 0) is 13.3 Å².